The summed E-state index contributed by atoms with van der Waals surface area (Å²) in [4.78, 5) is 28.2. The van der Waals surface area contributed by atoms with Gasteiger partial charge in [-0.1, -0.05) is 30.3 Å². The molecule has 0 aliphatic heterocycles. The Morgan fingerprint density at radius 1 is 1.12 bits per heavy atom. The highest BCUT2D eigenvalue weighted by Gasteiger charge is 2.17. The third-order valence-electron chi connectivity index (χ3n) is 4.41. The van der Waals surface area contributed by atoms with E-state index < -0.39 is 5.97 Å². The minimum Gasteiger partial charge on any atom is -0.480 e. The van der Waals surface area contributed by atoms with Crippen molar-refractivity contribution in [1.82, 2.24) is 18.9 Å². The molecule has 0 radical (unpaired) electrons. The van der Waals surface area contributed by atoms with Crippen molar-refractivity contribution >= 4 is 27.9 Å². The summed E-state index contributed by atoms with van der Waals surface area (Å²) >= 11 is 0. The van der Waals surface area contributed by atoms with E-state index in [2.05, 4.69) is 4.98 Å². The molecule has 1 N–H and O–H groups in total. The molecule has 0 fully saturated rings. The lowest BCUT2D eigenvalue weighted by Crippen LogP contribution is -2.25. The van der Waals surface area contributed by atoms with Crippen LogP contribution >= 0.6 is 0 Å². The number of fused-ring (bicyclic) bond motifs is 3. The van der Waals surface area contributed by atoms with E-state index in [1.165, 1.54) is 4.68 Å². The maximum Gasteiger partial charge on any atom is 0.325 e. The Labute approximate surface area is 142 Å². The molecule has 4 rings (SSSR count). The molecule has 25 heavy (non-hydrogen) atoms. The van der Waals surface area contributed by atoms with Gasteiger partial charge in [0.25, 0.3) is 5.56 Å². The van der Waals surface area contributed by atoms with E-state index in [0.717, 1.165) is 11.1 Å². The van der Waals surface area contributed by atoms with Crippen LogP contribution in [0, 0.1) is 0 Å². The number of carbonyl (C=O) groups is 1. The summed E-state index contributed by atoms with van der Waals surface area (Å²) in [7, 11) is 1.68. The smallest absolute Gasteiger partial charge is 0.325 e. The van der Waals surface area contributed by atoms with E-state index >= 15 is 0 Å². The fourth-order valence-corrected chi connectivity index (χ4v) is 3.21. The summed E-state index contributed by atoms with van der Waals surface area (Å²) in [5, 5.41) is 9.48. The molecule has 0 aliphatic rings. The summed E-state index contributed by atoms with van der Waals surface area (Å²) in [6.45, 7) is 0.273. The van der Waals surface area contributed by atoms with Crippen LogP contribution in [0.1, 0.15) is 5.56 Å². The third kappa shape index (κ3) is 2.40. The van der Waals surface area contributed by atoms with Gasteiger partial charge in [0, 0.05) is 13.6 Å². The molecule has 0 saturated heterocycles. The van der Waals surface area contributed by atoms with Gasteiger partial charge in [0.2, 0.25) is 0 Å². The highest BCUT2D eigenvalue weighted by Crippen LogP contribution is 2.22. The van der Waals surface area contributed by atoms with Crippen LogP contribution in [0.3, 0.4) is 0 Å². The third-order valence-corrected chi connectivity index (χ3v) is 4.41. The lowest BCUT2D eigenvalue weighted by atomic mass is 10.2. The van der Waals surface area contributed by atoms with Gasteiger partial charge in [-0.05, 0) is 17.7 Å². The van der Waals surface area contributed by atoms with Gasteiger partial charge in [-0.25, -0.2) is 9.67 Å². The molecule has 0 unspecified atom stereocenters. The second kappa shape index (κ2) is 5.62. The Balaban J connectivity index is 1.90. The Kier molecular flexibility index (Phi) is 3.42. The second-order valence-electron chi connectivity index (χ2n) is 5.97. The zero-order valence-electron chi connectivity index (χ0n) is 13.6. The van der Waals surface area contributed by atoms with Gasteiger partial charge in [-0.2, -0.15) is 0 Å². The standard InChI is InChI=1S/C18H16N4O3/c1-20-13-7-8-14-17(16(13)18(25)22(20)10-15(23)24)19-11-21(14)9-12-5-3-2-4-6-12/h2-8,11H,9-10H2,1H3,(H,23,24). The highest BCUT2D eigenvalue weighted by molar-refractivity contribution is 6.02. The van der Waals surface area contributed by atoms with E-state index in [0.29, 0.717) is 23.0 Å². The highest BCUT2D eigenvalue weighted by atomic mass is 16.4. The topological polar surface area (TPSA) is 82.0 Å². The fraction of sp³-hybridized carbons (Fsp3) is 0.167. The number of nitrogens with zero attached hydrogens (tertiary/aromatic N) is 4. The Morgan fingerprint density at radius 2 is 1.84 bits per heavy atom. The normalized spacial score (nSPS) is 11.4. The first kappa shape index (κ1) is 15.2. The SMILES string of the molecule is Cn1c2ccc3c(ncn3Cc3ccccc3)c2c(=O)n1CC(=O)O. The zero-order valence-corrected chi connectivity index (χ0v) is 13.6. The first-order valence-electron chi connectivity index (χ1n) is 7.85. The number of carboxylic acid groups (broad SMARTS) is 1. The molecule has 0 amide bonds. The quantitative estimate of drug-likeness (QED) is 0.616. The van der Waals surface area contributed by atoms with Crippen LogP contribution in [0.5, 0.6) is 0 Å². The number of aryl methyl sites for hydroxylation is 1. The molecule has 0 aliphatic carbocycles. The van der Waals surface area contributed by atoms with Gasteiger partial charge in [-0.15, -0.1) is 0 Å². The molecule has 0 spiro atoms. The minimum absolute atomic E-state index is 0.338. The first-order chi connectivity index (χ1) is 12.1. The van der Waals surface area contributed by atoms with Crippen molar-refractivity contribution < 1.29 is 9.90 Å². The van der Waals surface area contributed by atoms with Crippen molar-refractivity contribution in [1.29, 1.82) is 0 Å². The van der Waals surface area contributed by atoms with Crippen molar-refractivity contribution in [3.05, 3.63) is 64.7 Å². The summed E-state index contributed by atoms with van der Waals surface area (Å²) < 4.78 is 4.77. The van der Waals surface area contributed by atoms with Gasteiger partial charge in [0.1, 0.15) is 12.1 Å². The van der Waals surface area contributed by atoms with Gasteiger partial charge in [-0.3, -0.25) is 14.3 Å². The molecule has 126 valence electrons. The summed E-state index contributed by atoms with van der Waals surface area (Å²) in [5.41, 5.74) is 2.91. The number of imidazole rings is 1. The molecule has 2 aromatic heterocycles. The number of hydrogen-bond acceptors (Lipinski definition) is 3. The van der Waals surface area contributed by atoms with Crippen molar-refractivity contribution in [2.24, 2.45) is 7.05 Å². The Bertz CT molecular complexity index is 1150. The monoisotopic (exact) mass is 336 g/mol. The minimum atomic E-state index is -1.06. The van der Waals surface area contributed by atoms with Gasteiger partial charge in [0.05, 0.1) is 22.7 Å². The van der Waals surface area contributed by atoms with E-state index in [9.17, 15) is 9.59 Å². The molecular weight excluding hydrogens is 320 g/mol. The Hall–Kier alpha value is -3.35. The van der Waals surface area contributed by atoms with Crippen LogP contribution in [0.2, 0.25) is 0 Å². The van der Waals surface area contributed by atoms with E-state index in [4.69, 9.17) is 5.11 Å². The van der Waals surface area contributed by atoms with Gasteiger partial charge < -0.3 is 9.67 Å². The summed E-state index contributed by atoms with van der Waals surface area (Å²) in [6, 6.07) is 13.7. The lowest BCUT2D eigenvalue weighted by Gasteiger charge is -2.05. The number of hydrogen-bond donors (Lipinski definition) is 1. The van der Waals surface area contributed by atoms with Crippen molar-refractivity contribution in [2.75, 3.05) is 0 Å². The number of carboxylic acids is 1. The zero-order chi connectivity index (χ0) is 17.6. The van der Waals surface area contributed by atoms with E-state index in [1.807, 2.05) is 47.0 Å². The van der Waals surface area contributed by atoms with Crippen molar-refractivity contribution in [3.63, 3.8) is 0 Å². The lowest BCUT2D eigenvalue weighted by molar-refractivity contribution is -0.138. The molecule has 4 aromatic rings. The maximum absolute atomic E-state index is 12.7. The molecule has 0 atom stereocenters. The van der Waals surface area contributed by atoms with Crippen LogP contribution < -0.4 is 5.56 Å². The van der Waals surface area contributed by atoms with Crippen LogP contribution in [0.15, 0.2) is 53.6 Å². The van der Waals surface area contributed by atoms with Gasteiger partial charge >= 0.3 is 5.97 Å². The molecule has 0 bridgehead atoms. The average Bonchev–Trinajstić information content (AvgIpc) is 3.10. The number of aromatic nitrogens is 4. The van der Waals surface area contributed by atoms with Gasteiger partial charge in [0.15, 0.2) is 0 Å². The van der Waals surface area contributed by atoms with Crippen LogP contribution in [0.4, 0.5) is 0 Å². The predicted octanol–water partition coefficient (Wildman–Crippen LogP) is 1.82. The molecule has 7 heteroatoms. The maximum atomic E-state index is 12.7. The molecular formula is C18H16N4O3. The molecule has 2 aromatic carbocycles. The molecule has 7 nitrogen and oxygen atoms in total. The number of aliphatic carboxylic acids is 1. The van der Waals surface area contributed by atoms with Crippen molar-refractivity contribution in [3.8, 4) is 0 Å². The summed E-state index contributed by atoms with van der Waals surface area (Å²) in [6.07, 6.45) is 1.71. The second-order valence-corrected chi connectivity index (χ2v) is 5.97. The van der Waals surface area contributed by atoms with E-state index in [-0.39, 0.29) is 12.1 Å². The van der Waals surface area contributed by atoms with Crippen LogP contribution in [-0.4, -0.2) is 30.0 Å². The average molecular weight is 336 g/mol. The number of rotatable bonds is 4. The predicted molar refractivity (Wildman–Crippen MR) is 93.6 cm³/mol. The van der Waals surface area contributed by atoms with E-state index in [1.54, 1.807) is 18.1 Å². The Morgan fingerprint density at radius 3 is 2.56 bits per heavy atom. The first-order valence-corrected chi connectivity index (χ1v) is 7.85. The van der Waals surface area contributed by atoms with Crippen LogP contribution in [-0.2, 0) is 24.9 Å². The summed E-state index contributed by atoms with van der Waals surface area (Å²) in [5.74, 6) is -1.06. The largest absolute Gasteiger partial charge is 0.480 e. The molecule has 2 heterocycles. The number of benzene rings is 2. The fourth-order valence-electron chi connectivity index (χ4n) is 3.21. The van der Waals surface area contributed by atoms with Crippen LogP contribution in [0.25, 0.3) is 21.9 Å². The van der Waals surface area contributed by atoms with Crippen molar-refractivity contribution in [2.45, 2.75) is 13.1 Å². The molecule has 0 saturated carbocycles.